The quantitative estimate of drug-likeness (QED) is 0.716. The zero-order valence-corrected chi connectivity index (χ0v) is 7.99. The molecular formula is C9H14N4. The first-order valence-corrected chi connectivity index (χ1v) is 4.48. The lowest BCUT2D eigenvalue weighted by molar-refractivity contribution is 0.205. The van der Waals surface area contributed by atoms with Gasteiger partial charge in [-0.25, -0.2) is 9.97 Å². The van der Waals surface area contributed by atoms with Crippen LogP contribution in [0.25, 0.3) is 0 Å². The lowest BCUT2D eigenvalue weighted by Gasteiger charge is -2.36. The summed E-state index contributed by atoms with van der Waals surface area (Å²) in [5, 5.41) is 3.36. The van der Waals surface area contributed by atoms with Gasteiger partial charge in [0.1, 0.15) is 12.1 Å². The first-order valence-electron chi connectivity index (χ1n) is 4.48. The molecule has 0 atom stereocenters. The van der Waals surface area contributed by atoms with Crippen molar-refractivity contribution in [3.05, 3.63) is 18.1 Å². The molecule has 0 unspecified atom stereocenters. The Morgan fingerprint density at radius 3 is 2.85 bits per heavy atom. The third-order valence-electron chi connectivity index (χ3n) is 2.22. The van der Waals surface area contributed by atoms with Crippen LogP contribution in [-0.2, 0) is 0 Å². The summed E-state index contributed by atoms with van der Waals surface area (Å²) < 4.78 is 0. The summed E-state index contributed by atoms with van der Waals surface area (Å²) in [4.78, 5) is 10.5. The summed E-state index contributed by atoms with van der Waals surface area (Å²) in [5.41, 5.74) is 1.00. The molecule has 0 aromatic carbocycles. The largest absolute Gasteiger partial charge is 0.365 e. The number of rotatable bonds is 2. The molecule has 0 saturated carbocycles. The van der Waals surface area contributed by atoms with E-state index >= 15 is 0 Å². The van der Waals surface area contributed by atoms with Crippen LogP contribution in [0.2, 0.25) is 0 Å². The van der Waals surface area contributed by atoms with Crippen LogP contribution in [0.5, 0.6) is 0 Å². The Kier molecular flexibility index (Phi) is 2.14. The summed E-state index contributed by atoms with van der Waals surface area (Å²) in [7, 11) is 2.11. The fraction of sp³-hybridized carbons (Fsp3) is 0.556. The van der Waals surface area contributed by atoms with Gasteiger partial charge in [0.2, 0.25) is 0 Å². The van der Waals surface area contributed by atoms with Crippen molar-refractivity contribution >= 4 is 5.82 Å². The van der Waals surface area contributed by atoms with Crippen molar-refractivity contribution in [2.75, 3.05) is 25.5 Å². The number of nitrogens with one attached hydrogen (secondary N) is 1. The van der Waals surface area contributed by atoms with Crippen molar-refractivity contribution in [2.24, 2.45) is 0 Å². The van der Waals surface area contributed by atoms with E-state index in [-0.39, 0.29) is 0 Å². The molecule has 13 heavy (non-hydrogen) atoms. The van der Waals surface area contributed by atoms with Gasteiger partial charge in [0.15, 0.2) is 0 Å². The Bertz CT molecular complexity index is 293. The molecule has 1 saturated heterocycles. The van der Waals surface area contributed by atoms with Crippen LogP contribution >= 0.6 is 0 Å². The highest BCUT2D eigenvalue weighted by Gasteiger charge is 2.22. The molecule has 1 aromatic rings. The summed E-state index contributed by atoms with van der Waals surface area (Å²) in [6, 6.07) is 2.53. The maximum absolute atomic E-state index is 4.15. The molecule has 1 aliphatic rings. The zero-order valence-electron chi connectivity index (χ0n) is 7.99. The van der Waals surface area contributed by atoms with Gasteiger partial charge in [-0.05, 0) is 14.0 Å². The molecule has 2 rings (SSSR count). The van der Waals surface area contributed by atoms with Crippen LogP contribution in [-0.4, -0.2) is 41.0 Å². The van der Waals surface area contributed by atoms with Crippen molar-refractivity contribution in [2.45, 2.75) is 13.0 Å². The Morgan fingerprint density at radius 1 is 1.46 bits per heavy atom. The molecule has 0 amide bonds. The third-order valence-corrected chi connectivity index (χ3v) is 2.22. The van der Waals surface area contributed by atoms with Gasteiger partial charge in [0, 0.05) is 24.8 Å². The smallest absolute Gasteiger partial charge is 0.129 e. The Balaban J connectivity index is 1.94. The van der Waals surface area contributed by atoms with Gasteiger partial charge >= 0.3 is 0 Å². The molecule has 1 fully saturated rings. The standard InChI is InChI=1S/C9H14N4/c1-7-3-9(11-6-10-7)12-8-4-13(2)5-8/h3,6,8H,4-5H2,1-2H3,(H,10,11,12). The van der Waals surface area contributed by atoms with Gasteiger partial charge in [-0.3, -0.25) is 0 Å². The van der Waals surface area contributed by atoms with E-state index < -0.39 is 0 Å². The van der Waals surface area contributed by atoms with E-state index in [4.69, 9.17) is 0 Å². The Hall–Kier alpha value is -1.16. The zero-order chi connectivity index (χ0) is 9.26. The van der Waals surface area contributed by atoms with Gasteiger partial charge in [0.25, 0.3) is 0 Å². The number of hydrogen-bond acceptors (Lipinski definition) is 4. The number of hydrogen-bond donors (Lipinski definition) is 1. The van der Waals surface area contributed by atoms with Gasteiger partial charge in [-0.2, -0.15) is 0 Å². The van der Waals surface area contributed by atoms with E-state index in [1.54, 1.807) is 6.33 Å². The van der Waals surface area contributed by atoms with Crippen molar-refractivity contribution in [1.82, 2.24) is 14.9 Å². The number of aryl methyl sites for hydroxylation is 1. The van der Waals surface area contributed by atoms with E-state index in [1.165, 1.54) is 0 Å². The highest BCUT2D eigenvalue weighted by Crippen LogP contribution is 2.11. The van der Waals surface area contributed by atoms with E-state index in [9.17, 15) is 0 Å². The molecule has 0 bridgehead atoms. The molecule has 1 aliphatic heterocycles. The molecule has 0 aliphatic carbocycles. The predicted molar refractivity (Wildman–Crippen MR) is 51.7 cm³/mol. The maximum atomic E-state index is 4.15. The predicted octanol–water partition coefficient (Wildman–Crippen LogP) is 0.511. The molecule has 0 radical (unpaired) electrons. The van der Waals surface area contributed by atoms with Crippen LogP contribution in [0.1, 0.15) is 5.69 Å². The Morgan fingerprint density at radius 2 is 2.23 bits per heavy atom. The normalized spacial score (nSPS) is 18.3. The highest BCUT2D eigenvalue weighted by atomic mass is 15.2. The SMILES string of the molecule is Cc1cc(NC2CN(C)C2)ncn1. The van der Waals surface area contributed by atoms with Gasteiger partial charge in [-0.15, -0.1) is 0 Å². The fourth-order valence-corrected chi connectivity index (χ4v) is 1.53. The minimum Gasteiger partial charge on any atom is -0.365 e. The van der Waals surface area contributed by atoms with Gasteiger partial charge in [0.05, 0.1) is 6.04 Å². The molecule has 4 heteroatoms. The van der Waals surface area contributed by atoms with Crippen molar-refractivity contribution in [3.63, 3.8) is 0 Å². The molecule has 0 spiro atoms. The first kappa shape index (κ1) is 8.44. The second-order valence-electron chi connectivity index (χ2n) is 3.61. The number of nitrogens with zero attached hydrogens (tertiary/aromatic N) is 3. The summed E-state index contributed by atoms with van der Waals surface area (Å²) in [5.74, 6) is 0.936. The van der Waals surface area contributed by atoms with Crippen LogP contribution < -0.4 is 5.32 Å². The summed E-state index contributed by atoms with van der Waals surface area (Å²) >= 11 is 0. The lowest BCUT2D eigenvalue weighted by Crippen LogP contribution is -2.52. The Labute approximate surface area is 78.0 Å². The lowest BCUT2D eigenvalue weighted by atomic mass is 10.1. The fourth-order valence-electron chi connectivity index (χ4n) is 1.53. The second-order valence-corrected chi connectivity index (χ2v) is 3.61. The molecule has 2 heterocycles. The van der Waals surface area contributed by atoms with Gasteiger partial charge in [-0.1, -0.05) is 0 Å². The molecule has 1 aromatic heterocycles. The van der Waals surface area contributed by atoms with Crippen LogP contribution in [0.4, 0.5) is 5.82 Å². The van der Waals surface area contributed by atoms with Crippen LogP contribution in [0, 0.1) is 6.92 Å². The summed E-state index contributed by atoms with van der Waals surface area (Å²) in [6.07, 6.45) is 1.60. The van der Waals surface area contributed by atoms with Crippen molar-refractivity contribution < 1.29 is 0 Å². The van der Waals surface area contributed by atoms with Gasteiger partial charge < -0.3 is 10.2 Å². The molecular weight excluding hydrogens is 164 g/mol. The first-order chi connectivity index (χ1) is 6.24. The third kappa shape index (κ3) is 1.95. The maximum Gasteiger partial charge on any atom is 0.129 e. The van der Waals surface area contributed by atoms with E-state index in [0.29, 0.717) is 6.04 Å². The van der Waals surface area contributed by atoms with Crippen LogP contribution in [0.3, 0.4) is 0 Å². The molecule has 1 N–H and O–H groups in total. The minimum atomic E-state index is 0.555. The second kappa shape index (κ2) is 3.30. The van der Waals surface area contributed by atoms with Crippen molar-refractivity contribution in [1.29, 1.82) is 0 Å². The number of likely N-dealkylation sites (N-methyl/N-ethyl adjacent to an activating group) is 1. The molecule has 4 nitrogen and oxygen atoms in total. The van der Waals surface area contributed by atoms with E-state index in [0.717, 1.165) is 24.6 Å². The highest BCUT2D eigenvalue weighted by molar-refractivity contribution is 5.36. The van der Waals surface area contributed by atoms with E-state index in [2.05, 4.69) is 27.2 Å². The number of aromatic nitrogens is 2. The van der Waals surface area contributed by atoms with Crippen molar-refractivity contribution in [3.8, 4) is 0 Å². The van der Waals surface area contributed by atoms with Crippen LogP contribution in [0.15, 0.2) is 12.4 Å². The average Bonchev–Trinajstić information content (AvgIpc) is 2.01. The molecule has 70 valence electrons. The topological polar surface area (TPSA) is 41.0 Å². The number of anilines is 1. The minimum absolute atomic E-state index is 0.555. The number of likely N-dealkylation sites (tertiary alicyclic amines) is 1. The monoisotopic (exact) mass is 178 g/mol. The van der Waals surface area contributed by atoms with E-state index in [1.807, 2.05) is 13.0 Å². The summed E-state index contributed by atoms with van der Waals surface area (Å²) in [6.45, 7) is 4.17. The average molecular weight is 178 g/mol.